The molecule has 0 unspecified atom stereocenters. The van der Waals surface area contributed by atoms with E-state index in [1.54, 1.807) is 6.33 Å². The van der Waals surface area contributed by atoms with E-state index in [-0.39, 0.29) is 0 Å². The van der Waals surface area contributed by atoms with Crippen molar-refractivity contribution in [3.63, 3.8) is 0 Å². The van der Waals surface area contributed by atoms with Crippen LogP contribution in [0.4, 0.5) is 0 Å². The molecule has 0 aliphatic heterocycles. The molecule has 4 aromatic heterocycles. The molecule has 0 atom stereocenters. The standard InChI is InChI=1S/C37H23N5/c1-3-12-24(13-4-1)29-22-32(40-23-39-29)42-31-20-10-7-16-26(31)33-28-18-11-21-38-35(28)34-27-17-8-9-19-30(27)41(37(34)36(33)42)25-14-5-2-6-15-25/h1-23H. The lowest BCUT2D eigenvalue weighted by atomic mass is 10.0. The molecule has 42 heavy (non-hydrogen) atoms. The number of pyridine rings is 1. The van der Waals surface area contributed by atoms with Crippen LogP contribution >= 0.6 is 0 Å². The van der Waals surface area contributed by atoms with E-state index in [9.17, 15) is 0 Å². The predicted molar refractivity (Wildman–Crippen MR) is 171 cm³/mol. The molecule has 0 amide bonds. The third-order valence-electron chi connectivity index (χ3n) is 8.25. The summed E-state index contributed by atoms with van der Waals surface area (Å²) in [5.41, 5.74) is 8.49. The third kappa shape index (κ3) is 3.16. The van der Waals surface area contributed by atoms with Crippen LogP contribution in [0.15, 0.2) is 140 Å². The Hall–Kier alpha value is -5.81. The Labute approximate surface area is 241 Å². The van der Waals surface area contributed by atoms with Gasteiger partial charge in [-0.05, 0) is 30.3 Å². The van der Waals surface area contributed by atoms with Crippen LogP contribution in [0.5, 0.6) is 0 Å². The molecule has 5 heteroatoms. The van der Waals surface area contributed by atoms with Gasteiger partial charge in [0.1, 0.15) is 12.1 Å². The van der Waals surface area contributed by atoms with Crippen molar-refractivity contribution in [3.8, 4) is 22.8 Å². The molecular formula is C37H23N5. The molecule has 0 saturated carbocycles. The number of hydrogen-bond donors (Lipinski definition) is 0. The van der Waals surface area contributed by atoms with Crippen LogP contribution in [0.1, 0.15) is 0 Å². The van der Waals surface area contributed by atoms with Gasteiger partial charge in [-0.1, -0.05) is 91.0 Å². The second kappa shape index (κ2) is 8.85. The molecule has 0 fully saturated rings. The Bertz CT molecular complexity index is 2450. The van der Waals surface area contributed by atoms with Gasteiger partial charge in [0.2, 0.25) is 0 Å². The molecule has 4 heterocycles. The van der Waals surface area contributed by atoms with Gasteiger partial charge >= 0.3 is 0 Å². The number of rotatable bonds is 3. The highest BCUT2D eigenvalue weighted by atomic mass is 15.1. The van der Waals surface area contributed by atoms with Crippen molar-refractivity contribution in [3.05, 3.63) is 140 Å². The molecule has 0 bridgehead atoms. The maximum Gasteiger partial charge on any atom is 0.141 e. The summed E-state index contributed by atoms with van der Waals surface area (Å²) in [6.07, 6.45) is 3.57. The molecule has 0 aliphatic rings. The molecule has 9 aromatic rings. The van der Waals surface area contributed by atoms with Gasteiger partial charge in [-0.3, -0.25) is 9.55 Å². The third-order valence-corrected chi connectivity index (χ3v) is 8.25. The molecule has 9 rings (SSSR count). The van der Waals surface area contributed by atoms with Gasteiger partial charge in [0.25, 0.3) is 0 Å². The first kappa shape index (κ1) is 22.9. The average Bonchev–Trinajstić information content (AvgIpc) is 3.60. The zero-order chi connectivity index (χ0) is 27.6. The SMILES string of the molecule is c1ccc(-c2cc(-n3c4ccccc4c4c5cccnc5c5c6ccccc6n(-c6ccccc6)c5c43)ncn2)cc1. The number of aromatic nitrogens is 5. The fourth-order valence-electron chi connectivity index (χ4n) is 6.57. The second-order valence-corrected chi connectivity index (χ2v) is 10.5. The quantitative estimate of drug-likeness (QED) is 0.226. The maximum absolute atomic E-state index is 5.01. The topological polar surface area (TPSA) is 48.5 Å². The van der Waals surface area contributed by atoms with Gasteiger partial charge in [-0.25, -0.2) is 9.97 Å². The lowest BCUT2D eigenvalue weighted by Gasteiger charge is -2.13. The summed E-state index contributed by atoms with van der Waals surface area (Å²) < 4.78 is 4.70. The number of fused-ring (bicyclic) bond motifs is 10. The minimum atomic E-state index is 0.824. The summed E-state index contributed by atoms with van der Waals surface area (Å²) in [4.78, 5) is 14.5. The minimum absolute atomic E-state index is 0.824. The van der Waals surface area contributed by atoms with E-state index in [4.69, 9.17) is 9.97 Å². The fraction of sp³-hybridized carbons (Fsp3) is 0. The van der Waals surface area contributed by atoms with Crippen LogP contribution in [-0.2, 0) is 0 Å². The molecule has 5 nitrogen and oxygen atoms in total. The zero-order valence-corrected chi connectivity index (χ0v) is 22.5. The first-order chi connectivity index (χ1) is 20.9. The number of nitrogens with zero attached hydrogens (tertiary/aromatic N) is 5. The van der Waals surface area contributed by atoms with E-state index in [2.05, 4.69) is 117 Å². The summed E-state index contributed by atoms with van der Waals surface area (Å²) in [5, 5.41) is 5.77. The van der Waals surface area contributed by atoms with E-state index in [1.165, 1.54) is 10.8 Å². The van der Waals surface area contributed by atoms with Crippen LogP contribution in [0.2, 0.25) is 0 Å². The van der Waals surface area contributed by atoms with Crippen molar-refractivity contribution >= 4 is 54.5 Å². The van der Waals surface area contributed by atoms with Crippen LogP contribution in [0.25, 0.3) is 77.3 Å². The lowest BCUT2D eigenvalue weighted by Crippen LogP contribution is -2.02. The largest absolute Gasteiger partial charge is 0.307 e. The van der Waals surface area contributed by atoms with E-state index in [0.717, 1.165) is 66.5 Å². The van der Waals surface area contributed by atoms with Gasteiger partial charge in [-0.2, -0.15) is 0 Å². The van der Waals surface area contributed by atoms with Crippen molar-refractivity contribution < 1.29 is 0 Å². The van der Waals surface area contributed by atoms with Crippen molar-refractivity contribution in [1.29, 1.82) is 0 Å². The summed E-state index contributed by atoms with van der Waals surface area (Å²) in [6.45, 7) is 0. The number of hydrogen-bond acceptors (Lipinski definition) is 3. The van der Waals surface area contributed by atoms with E-state index < -0.39 is 0 Å². The first-order valence-corrected chi connectivity index (χ1v) is 14.0. The summed E-state index contributed by atoms with van der Waals surface area (Å²) in [6, 6.07) is 44.4. The predicted octanol–water partition coefficient (Wildman–Crippen LogP) is 8.89. The summed E-state index contributed by atoms with van der Waals surface area (Å²) in [5.74, 6) is 0.824. The van der Waals surface area contributed by atoms with Gasteiger partial charge < -0.3 is 4.57 Å². The highest BCUT2D eigenvalue weighted by Gasteiger charge is 2.25. The molecule has 0 saturated heterocycles. The summed E-state index contributed by atoms with van der Waals surface area (Å²) >= 11 is 0. The molecule has 0 aliphatic carbocycles. The van der Waals surface area contributed by atoms with Crippen LogP contribution < -0.4 is 0 Å². The van der Waals surface area contributed by atoms with Crippen molar-refractivity contribution in [2.24, 2.45) is 0 Å². The van der Waals surface area contributed by atoms with E-state index in [0.29, 0.717) is 0 Å². The Morgan fingerprint density at radius 3 is 1.88 bits per heavy atom. The van der Waals surface area contributed by atoms with Gasteiger partial charge in [0, 0.05) is 50.4 Å². The molecule has 0 N–H and O–H groups in total. The Morgan fingerprint density at radius 1 is 0.476 bits per heavy atom. The average molecular weight is 538 g/mol. The monoisotopic (exact) mass is 537 g/mol. The van der Waals surface area contributed by atoms with Gasteiger partial charge in [0.05, 0.1) is 33.3 Å². The Balaban J connectivity index is 1.57. The number of para-hydroxylation sites is 3. The van der Waals surface area contributed by atoms with Crippen molar-refractivity contribution in [2.75, 3.05) is 0 Å². The number of benzene rings is 5. The highest BCUT2D eigenvalue weighted by molar-refractivity contribution is 6.35. The second-order valence-electron chi connectivity index (χ2n) is 10.5. The van der Waals surface area contributed by atoms with Crippen LogP contribution in [0, 0.1) is 0 Å². The molecular weight excluding hydrogens is 514 g/mol. The first-order valence-electron chi connectivity index (χ1n) is 14.0. The Morgan fingerprint density at radius 2 is 1.10 bits per heavy atom. The molecule has 0 spiro atoms. The van der Waals surface area contributed by atoms with Crippen LogP contribution in [-0.4, -0.2) is 24.1 Å². The smallest absolute Gasteiger partial charge is 0.141 e. The van der Waals surface area contributed by atoms with Crippen molar-refractivity contribution in [1.82, 2.24) is 24.1 Å². The zero-order valence-electron chi connectivity index (χ0n) is 22.5. The van der Waals surface area contributed by atoms with Crippen molar-refractivity contribution in [2.45, 2.75) is 0 Å². The highest BCUT2D eigenvalue weighted by Crippen LogP contribution is 2.45. The molecule has 196 valence electrons. The fourth-order valence-corrected chi connectivity index (χ4v) is 6.57. The van der Waals surface area contributed by atoms with Gasteiger partial charge in [0.15, 0.2) is 0 Å². The van der Waals surface area contributed by atoms with E-state index >= 15 is 0 Å². The Kier molecular flexibility index (Phi) is 4.83. The van der Waals surface area contributed by atoms with E-state index in [1.807, 2.05) is 30.5 Å². The van der Waals surface area contributed by atoms with Gasteiger partial charge in [-0.15, -0.1) is 0 Å². The van der Waals surface area contributed by atoms with Crippen LogP contribution in [0.3, 0.4) is 0 Å². The maximum atomic E-state index is 5.01. The lowest BCUT2D eigenvalue weighted by molar-refractivity contribution is 1.04. The molecule has 0 radical (unpaired) electrons. The normalized spacial score (nSPS) is 11.8. The molecule has 5 aromatic carbocycles. The minimum Gasteiger partial charge on any atom is -0.307 e. The summed E-state index contributed by atoms with van der Waals surface area (Å²) in [7, 11) is 0.